The van der Waals surface area contributed by atoms with Crippen LogP contribution in [0.5, 0.6) is 0 Å². The van der Waals surface area contributed by atoms with Crippen molar-refractivity contribution in [3.63, 3.8) is 0 Å². The van der Waals surface area contributed by atoms with Crippen molar-refractivity contribution in [3.05, 3.63) is 83.3 Å². The summed E-state index contributed by atoms with van der Waals surface area (Å²) in [6.07, 6.45) is -0.326. The zero-order valence-electron chi connectivity index (χ0n) is 18.3. The standard InChI is InChI=1S/C25H19F5N4O/c26-20-12-17(25(28,29)30)13-21(27)19(20)14-24(15-31)5-10-34(11-6-24)23(35)18-2-1-7-33-22(18)16-3-8-32-9-4-16/h1-4,7-9,12-13H,5-6,10-11,14H2. The molecule has 180 valence electrons. The Kier molecular flexibility index (Phi) is 6.52. The maximum absolute atomic E-state index is 14.4. The summed E-state index contributed by atoms with van der Waals surface area (Å²) < 4.78 is 67.4. The maximum atomic E-state index is 14.4. The zero-order valence-corrected chi connectivity index (χ0v) is 18.3. The van der Waals surface area contributed by atoms with Crippen molar-refractivity contribution in [2.75, 3.05) is 13.1 Å². The first-order valence-corrected chi connectivity index (χ1v) is 10.7. The Labute approximate surface area is 197 Å². The molecule has 0 spiro atoms. The summed E-state index contributed by atoms with van der Waals surface area (Å²) in [5.74, 6) is -2.99. The molecular formula is C25H19F5N4O. The van der Waals surface area contributed by atoms with Crippen LogP contribution in [0.4, 0.5) is 22.0 Å². The molecule has 35 heavy (non-hydrogen) atoms. The lowest BCUT2D eigenvalue weighted by molar-refractivity contribution is -0.138. The molecule has 1 aliphatic heterocycles. The van der Waals surface area contributed by atoms with E-state index in [0.29, 0.717) is 16.8 Å². The number of aromatic nitrogens is 2. The van der Waals surface area contributed by atoms with Crippen LogP contribution in [0.2, 0.25) is 0 Å². The molecule has 3 heterocycles. The first-order chi connectivity index (χ1) is 16.6. The molecule has 0 radical (unpaired) electrons. The van der Waals surface area contributed by atoms with E-state index >= 15 is 0 Å². The van der Waals surface area contributed by atoms with E-state index in [-0.39, 0.29) is 44.0 Å². The molecule has 1 amide bonds. The highest BCUT2D eigenvalue weighted by atomic mass is 19.4. The number of carbonyl (C=O) groups excluding carboxylic acids is 1. The molecule has 0 saturated carbocycles. The second-order valence-electron chi connectivity index (χ2n) is 8.41. The molecule has 0 N–H and O–H groups in total. The van der Waals surface area contributed by atoms with Crippen LogP contribution in [-0.4, -0.2) is 33.9 Å². The summed E-state index contributed by atoms with van der Waals surface area (Å²) in [4.78, 5) is 23.1. The molecular weight excluding hydrogens is 467 g/mol. The summed E-state index contributed by atoms with van der Waals surface area (Å²) in [5, 5.41) is 9.81. The highest BCUT2D eigenvalue weighted by Gasteiger charge is 2.39. The molecule has 1 aromatic carbocycles. The number of nitrogens with zero attached hydrogens (tertiary/aromatic N) is 4. The normalized spacial score (nSPS) is 15.5. The number of pyridine rings is 2. The van der Waals surface area contributed by atoms with Crippen LogP contribution in [0, 0.1) is 28.4 Å². The van der Waals surface area contributed by atoms with Gasteiger partial charge in [0.2, 0.25) is 0 Å². The second-order valence-corrected chi connectivity index (χ2v) is 8.41. The van der Waals surface area contributed by atoms with Gasteiger partial charge < -0.3 is 4.90 Å². The van der Waals surface area contributed by atoms with Crippen LogP contribution in [0.1, 0.15) is 34.3 Å². The summed E-state index contributed by atoms with van der Waals surface area (Å²) in [6, 6.07) is 9.30. The SMILES string of the molecule is N#CC1(Cc2c(F)cc(C(F)(F)F)cc2F)CCN(C(=O)c2cccnc2-c2ccncc2)CC1. The van der Waals surface area contributed by atoms with E-state index in [0.717, 1.165) is 0 Å². The largest absolute Gasteiger partial charge is 0.416 e. The van der Waals surface area contributed by atoms with Crippen molar-refractivity contribution in [2.24, 2.45) is 5.41 Å². The molecule has 0 unspecified atom stereocenters. The molecule has 1 fully saturated rings. The Bertz CT molecular complexity index is 1260. The molecule has 1 saturated heterocycles. The lowest BCUT2D eigenvalue weighted by Gasteiger charge is -2.37. The summed E-state index contributed by atoms with van der Waals surface area (Å²) in [7, 11) is 0. The van der Waals surface area contributed by atoms with Crippen molar-refractivity contribution >= 4 is 5.91 Å². The predicted molar refractivity (Wildman–Crippen MR) is 116 cm³/mol. The fourth-order valence-corrected chi connectivity index (χ4v) is 4.23. The number of likely N-dealkylation sites (tertiary alicyclic amines) is 1. The zero-order chi connectivity index (χ0) is 25.2. The highest BCUT2D eigenvalue weighted by Crippen LogP contribution is 2.38. The topological polar surface area (TPSA) is 69.9 Å². The van der Waals surface area contributed by atoms with Gasteiger partial charge in [-0.3, -0.25) is 14.8 Å². The van der Waals surface area contributed by atoms with Gasteiger partial charge in [0.25, 0.3) is 5.91 Å². The van der Waals surface area contributed by atoms with Crippen LogP contribution in [0.3, 0.4) is 0 Å². The lowest BCUT2D eigenvalue weighted by Crippen LogP contribution is -2.44. The molecule has 3 aromatic rings. The van der Waals surface area contributed by atoms with Crippen LogP contribution < -0.4 is 0 Å². The van der Waals surface area contributed by atoms with E-state index < -0.39 is 40.8 Å². The van der Waals surface area contributed by atoms with Gasteiger partial charge in [0.1, 0.15) is 11.6 Å². The van der Waals surface area contributed by atoms with Crippen LogP contribution in [-0.2, 0) is 12.6 Å². The molecule has 0 bridgehead atoms. The van der Waals surface area contributed by atoms with E-state index in [1.807, 2.05) is 0 Å². The molecule has 4 rings (SSSR count). The van der Waals surface area contributed by atoms with E-state index in [2.05, 4.69) is 16.0 Å². The number of benzene rings is 1. The van der Waals surface area contributed by atoms with E-state index in [4.69, 9.17) is 0 Å². The minimum absolute atomic E-state index is 0.111. The van der Waals surface area contributed by atoms with E-state index in [9.17, 15) is 32.0 Å². The van der Waals surface area contributed by atoms with Gasteiger partial charge in [0, 0.05) is 42.8 Å². The third kappa shape index (κ3) is 4.99. The quantitative estimate of drug-likeness (QED) is 0.461. The van der Waals surface area contributed by atoms with Crippen molar-refractivity contribution in [1.82, 2.24) is 14.9 Å². The van der Waals surface area contributed by atoms with Gasteiger partial charge in [-0.25, -0.2) is 8.78 Å². The number of amides is 1. The Balaban J connectivity index is 1.52. The van der Waals surface area contributed by atoms with Gasteiger partial charge in [-0.1, -0.05) is 0 Å². The smallest absolute Gasteiger partial charge is 0.338 e. The number of alkyl halides is 3. The lowest BCUT2D eigenvalue weighted by atomic mass is 9.74. The predicted octanol–water partition coefficient (Wildman–Crippen LogP) is 5.43. The average Bonchev–Trinajstić information content (AvgIpc) is 2.86. The van der Waals surface area contributed by atoms with Crippen molar-refractivity contribution < 1.29 is 26.7 Å². The van der Waals surface area contributed by atoms with Gasteiger partial charge >= 0.3 is 6.18 Å². The molecule has 5 nitrogen and oxygen atoms in total. The average molecular weight is 486 g/mol. The fourth-order valence-electron chi connectivity index (χ4n) is 4.23. The Morgan fingerprint density at radius 2 is 1.69 bits per heavy atom. The molecule has 10 heteroatoms. The molecule has 1 aliphatic rings. The van der Waals surface area contributed by atoms with Gasteiger partial charge in [-0.05, 0) is 55.7 Å². The summed E-state index contributed by atoms with van der Waals surface area (Å²) in [5.41, 5.74) is -1.66. The highest BCUT2D eigenvalue weighted by molar-refractivity contribution is 5.99. The summed E-state index contributed by atoms with van der Waals surface area (Å²) >= 11 is 0. The van der Waals surface area contributed by atoms with Crippen molar-refractivity contribution in [1.29, 1.82) is 5.26 Å². The first kappa shape index (κ1) is 24.3. The van der Waals surface area contributed by atoms with Crippen LogP contribution in [0.15, 0.2) is 55.0 Å². The monoisotopic (exact) mass is 486 g/mol. The van der Waals surface area contributed by atoms with Gasteiger partial charge in [0.15, 0.2) is 0 Å². The Morgan fingerprint density at radius 1 is 1.06 bits per heavy atom. The van der Waals surface area contributed by atoms with Gasteiger partial charge in [-0.2, -0.15) is 18.4 Å². The number of hydrogen-bond acceptors (Lipinski definition) is 4. The maximum Gasteiger partial charge on any atom is 0.416 e. The van der Waals surface area contributed by atoms with Gasteiger partial charge in [-0.15, -0.1) is 0 Å². The van der Waals surface area contributed by atoms with Crippen LogP contribution >= 0.6 is 0 Å². The van der Waals surface area contributed by atoms with Crippen molar-refractivity contribution in [3.8, 4) is 17.3 Å². The summed E-state index contributed by atoms with van der Waals surface area (Å²) in [6.45, 7) is 0.280. The number of rotatable bonds is 4. The number of hydrogen-bond donors (Lipinski definition) is 0. The number of carbonyl (C=O) groups is 1. The second kappa shape index (κ2) is 9.41. The number of halogens is 5. The Hall–Kier alpha value is -3.87. The van der Waals surface area contributed by atoms with Crippen molar-refractivity contribution in [2.45, 2.75) is 25.4 Å². The molecule has 0 atom stereocenters. The van der Waals surface area contributed by atoms with Gasteiger partial charge in [0.05, 0.1) is 28.3 Å². The molecule has 2 aromatic heterocycles. The minimum Gasteiger partial charge on any atom is -0.338 e. The van der Waals surface area contributed by atoms with Crippen LogP contribution in [0.25, 0.3) is 11.3 Å². The fraction of sp³-hybridized carbons (Fsp3) is 0.280. The number of piperidine rings is 1. The first-order valence-electron chi connectivity index (χ1n) is 10.7. The third-order valence-electron chi connectivity index (χ3n) is 6.22. The number of nitriles is 1. The molecule has 0 aliphatic carbocycles. The Morgan fingerprint density at radius 3 is 2.26 bits per heavy atom. The third-order valence-corrected chi connectivity index (χ3v) is 6.22. The van der Waals surface area contributed by atoms with E-state index in [1.165, 1.54) is 4.90 Å². The minimum atomic E-state index is -4.89. The van der Waals surface area contributed by atoms with E-state index in [1.54, 1.807) is 42.9 Å².